The molecule has 2 aliphatic rings. The lowest BCUT2D eigenvalue weighted by atomic mass is 10.0. The van der Waals surface area contributed by atoms with Crippen LogP contribution in [0.3, 0.4) is 0 Å². The number of piperazine rings is 1. The molecule has 5 aromatic rings. The summed E-state index contributed by atoms with van der Waals surface area (Å²) in [4.78, 5) is 21.4. The SMILES string of the molecule is CCC(C)n1ncn(-c2ccc(N3CCN(c4ccc(OC[C@@H]5COC(Cn6cncn6)(c6ccc(F)cc6F)O5)cc4)CC3)cc2)c1=O. The van der Waals surface area contributed by atoms with E-state index in [-0.39, 0.29) is 37.1 Å². The first-order valence-corrected chi connectivity index (χ1v) is 16.4. The third-order valence-electron chi connectivity index (χ3n) is 9.15. The molecule has 0 amide bonds. The van der Waals surface area contributed by atoms with Crippen LogP contribution in [-0.2, 0) is 21.8 Å². The highest BCUT2D eigenvalue weighted by molar-refractivity contribution is 5.54. The van der Waals surface area contributed by atoms with Crippen molar-refractivity contribution < 1.29 is 23.0 Å². The van der Waals surface area contributed by atoms with E-state index in [4.69, 9.17) is 14.2 Å². The van der Waals surface area contributed by atoms with Crippen molar-refractivity contribution in [3.05, 3.63) is 113 Å². The van der Waals surface area contributed by atoms with Crippen molar-refractivity contribution in [3.63, 3.8) is 0 Å². The normalized spacial score (nSPS) is 20.1. The maximum Gasteiger partial charge on any atom is 0.350 e. The fourth-order valence-corrected chi connectivity index (χ4v) is 6.24. The van der Waals surface area contributed by atoms with Gasteiger partial charge in [0.15, 0.2) is 0 Å². The van der Waals surface area contributed by atoms with Crippen molar-refractivity contribution in [1.82, 2.24) is 29.1 Å². The first kappa shape index (κ1) is 32.5. The molecule has 0 bridgehead atoms. The maximum absolute atomic E-state index is 14.9. The zero-order valence-electron chi connectivity index (χ0n) is 27.4. The molecule has 14 heteroatoms. The lowest BCUT2D eigenvalue weighted by Crippen LogP contribution is -2.46. The molecule has 0 N–H and O–H groups in total. The molecule has 0 aliphatic carbocycles. The number of halogens is 2. The van der Waals surface area contributed by atoms with Crippen LogP contribution in [0.4, 0.5) is 20.2 Å². The molecule has 2 unspecified atom stereocenters. The Kier molecular flexibility index (Phi) is 9.15. The summed E-state index contributed by atoms with van der Waals surface area (Å²) < 4.78 is 51.4. The van der Waals surface area contributed by atoms with E-state index in [0.717, 1.165) is 55.7 Å². The predicted octanol–water partition coefficient (Wildman–Crippen LogP) is 4.55. The van der Waals surface area contributed by atoms with Gasteiger partial charge in [0.2, 0.25) is 5.79 Å². The smallest absolute Gasteiger partial charge is 0.350 e. The summed E-state index contributed by atoms with van der Waals surface area (Å²) in [6, 6.07) is 19.3. The molecule has 4 heterocycles. The highest BCUT2D eigenvalue weighted by Crippen LogP contribution is 2.38. The largest absolute Gasteiger partial charge is 0.491 e. The van der Waals surface area contributed by atoms with Gasteiger partial charge in [-0.25, -0.2) is 32.5 Å². The highest BCUT2D eigenvalue weighted by Gasteiger charge is 2.46. The molecule has 3 atom stereocenters. The minimum absolute atomic E-state index is 0.0334. The van der Waals surface area contributed by atoms with Crippen molar-refractivity contribution in [2.45, 2.75) is 44.7 Å². The standard InChI is InChI=1S/C35H38F2N8O4/c1-3-25(2)45-34(46)44(24-40-45)29-7-5-27(6-8-29)41-14-16-42(17-15-41)28-9-11-30(12-10-28)47-19-31-20-48-35(49-31,21-43-23-38-22-39-43)32-13-4-26(36)18-33(32)37/h4-13,18,22-25,31H,3,14-17,19-21H2,1-2H3/t25?,31-,35?/m1/s1. The van der Waals surface area contributed by atoms with Crippen LogP contribution in [0, 0.1) is 11.6 Å². The average Bonchev–Trinajstić information content (AvgIpc) is 3.88. The number of anilines is 2. The van der Waals surface area contributed by atoms with Crippen molar-refractivity contribution in [2.24, 2.45) is 0 Å². The van der Waals surface area contributed by atoms with E-state index in [9.17, 15) is 13.6 Å². The van der Waals surface area contributed by atoms with Crippen LogP contribution < -0.4 is 20.2 Å². The second-order valence-corrected chi connectivity index (χ2v) is 12.3. The molecule has 2 aromatic heterocycles. The van der Waals surface area contributed by atoms with Gasteiger partial charge in [-0.1, -0.05) is 6.92 Å². The van der Waals surface area contributed by atoms with E-state index < -0.39 is 23.5 Å². The summed E-state index contributed by atoms with van der Waals surface area (Å²) in [5, 5.41) is 8.39. The fourth-order valence-electron chi connectivity index (χ4n) is 6.24. The molecule has 256 valence electrons. The molecular formula is C35H38F2N8O4. The molecule has 3 aromatic carbocycles. The van der Waals surface area contributed by atoms with Crippen molar-refractivity contribution in [2.75, 3.05) is 49.2 Å². The van der Waals surface area contributed by atoms with E-state index in [1.165, 1.54) is 34.2 Å². The Morgan fingerprint density at radius 2 is 1.59 bits per heavy atom. The Morgan fingerprint density at radius 1 is 0.918 bits per heavy atom. The average molecular weight is 673 g/mol. The Hall–Kier alpha value is -5.08. The van der Waals surface area contributed by atoms with Crippen molar-refractivity contribution in [3.8, 4) is 11.4 Å². The zero-order valence-corrected chi connectivity index (χ0v) is 27.4. The van der Waals surface area contributed by atoms with Gasteiger partial charge in [0, 0.05) is 49.2 Å². The number of hydrogen-bond acceptors (Lipinski definition) is 9. The van der Waals surface area contributed by atoms with E-state index >= 15 is 0 Å². The van der Waals surface area contributed by atoms with Gasteiger partial charge < -0.3 is 24.0 Å². The minimum Gasteiger partial charge on any atom is -0.491 e. The van der Waals surface area contributed by atoms with Crippen LogP contribution >= 0.6 is 0 Å². The van der Waals surface area contributed by atoms with Crippen LogP contribution in [0.1, 0.15) is 31.9 Å². The second-order valence-electron chi connectivity index (χ2n) is 12.3. The van der Waals surface area contributed by atoms with Crippen LogP contribution in [0.5, 0.6) is 5.75 Å². The third kappa shape index (κ3) is 6.78. The van der Waals surface area contributed by atoms with E-state index in [1.807, 2.05) is 50.2 Å². The molecule has 2 saturated heterocycles. The third-order valence-corrected chi connectivity index (χ3v) is 9.15. The van der Waals surface area contributed by atoms with Gasteiger partial charge in [0.1, 0.15) is 55.6 Å². The van der Waals surface area contributed by atoms with Gasteiger partial charge >= 0.3 is 5.69 Å². The summed E-state index contributed by atoms with van der Waals surface area (Å²) in [7, 11) is 0. The molecular weight excluding hydrogens is 634 g/mol. The number of nitrogens with zero attached hydrogens (tertiary/aromatic N) is 8. The van der Waals surface area contributed by atoms with Gasteiger partial charge in [-0.15, -0.1) is 0 Å². The van der Waals surface area contributed by atoms with Gasteiger partial charge in [-0.2, -0.15) is 10.2 Å². The number of rotatable bonds is 11. The van der Waals surface area contributed by atoms with Crippen molar-refractivity contribution >= 4 is 11.4 Å². The van der Waals surface area contributed by atoms with Crippen molar-refractivity contribution in [1.29, 1.82) is 0 Å². The molecule has 0 radical (unpaired) electrons. The lowest BCUT2D eigenvalue weighted by molar-refractivity contribution is -0.192. The molecule has 2 fully saturated rings. The van der Waals surface area contributed by atoms with E-state index in [0.29, 0.717) is 5.75 Å². The summed E-state index contributed by atoms with van der Waals surface area (Å²) in [5.74, 6) is -2.30. The highest BCUT2D eigenvalue weighted by atomic mass is 19.1. The topological polar surface area (TPSA) is 105 Å². The Balaban J connectivity index is 0.925. The van der Waals surface area contributed by atoms with Gasteiger partial charge in [-0.3, -0.25) is 0 Å². The Morgan fingerprint density at radius 3 is 2.22 bits per heavy atom. The van der Waals surface area contributed by atoms with Crippen LogP contribution in [0.2, 0.25) is 0 Å². The van der Waals surface area contributed by atoms with Crippen LogP contribution in [-0.4, -0.2) is 74.6 Å². The molecule has 0 spiro atoms. The van der Waals surface area contributed by atoms with Gasteiger partial charge in [-0.05, 0) is 74.0 Å². The predicted molar refractivity (Wildman–Crippen MR) is 178 cm³/mol. The Bertz CT molecular complexity index is 1910. The summed E-state index contributed by atoms with van der Waals surface area (Å²) in [5.41, 5.74) is 2.95. The number of benzene rings is 3. The molecule has 0 saturated carbocycles. The molecule has 7 rings (SSSR count). The molecule has 12 nitrogen and oxygen atoms in total. The summed E-state index contributed by atoms with van der Waals surface area (Å²) in [6.07, 6.45) is 4.77. The number of hydrogen-bond donors (Lipinski definition) is 0. The van der Waals surface area contributed by atoms with Gasteiger partial charge in [0.05, 0.1) is 18.3 Å². The number of aromatic nitrogens is 6. The maximum atomic E-state index is 14.9. The van der Waals surface area contributed by atoms with Gasteiger partial charge in [0.25, 0.3) is 0 Å². The van der Waals surface area contributed by atoms with E-state index in [2.05, 4.69) is 37.1 Å². The number of ether oxygens (including phenoxy) is 3. The van der Waals surface area contributed by atoms with Crippen LogP contribution in [0.25, 0.3) is 5.69 Å². The van der Waals surface area contributed by atoms with E-state index in [1.54, 1.807) is 10.9 Å². The fraction of sp³-hybridized carbons (Fsp3) is 0.371. The first-order chi connectivity index (χ1) is 23.8. The monoisotopic (exact) mass is 672 g/mol. The first-order valence-electron chi connectivity index (χ1n) is 16.4. The Labute approximate surface area is 282 Å². The molecule has 2 aliphatic heterocycles. The summed E-state index contributed by atoms with van der Waals surface area (Å²) >= 11 is 0. The summed E-state index contributed by atoms with van der Waals surface area (Å²) in [6.45, 7) is 7.80. The second kappa shape index (κ2) is 13.8. The quantitative estimate of drug-likeness (QED) is 0.200. The van der Waals surface area contributed by atoms with Crippen LogP contribution in [0.15, 0.2) is 90.5 Å². The zero-order chi connectivity index (χ0) is 34.0. The minimum atomic E-state index is -1.51. The molecule has 49 heavy (non-hydrogen) atoms. The lowest BCUT2D eigenvalue weighted by Gasteiger charge is -2.37.